The Morgan fingerprint density at radius 1 is 1.25 bits per heavy atom. The average Bonchev–Trinajstić information content (AvgIpc) is 2.67. The topological polar surface area (TPSA) is 60.4 Å². The van der Waals surface area contributed by atoms with Crippen LogP contribution in [-0.4, -0.2) is 31.0 Å². The minimum Gasteiger partial charge on any atom is -0.479 e. The van der Waals surface area contributed by atoms with Crippen LogP contribution in [-0.2, 0) is 15.3 Å². The van der Waals surface area contributed by atoms with Crippen molar-refractivity contribution in [2.24, 2.45) is 4.99 Å². The standard InChI is InChI=1S/C20H21ClN2O4S/c1-20(2)18(22-15-11-14(21)9-10-17(15)27-20)28-12-13-7-5-6-8-16(13)23(26-4)19(24)25-3/h5-11H,12H2,1-4H3. The molecule has 6 nitrogen and oxygen atoms in total. The van der Waals surface area contributed by atoms with Gasteiger partial charge in [-0.2, -0.15) is 5.06 Å². The van der Waals surface area contributed by atoms with E-state index in [0.29, 0.717) is 27.9 Å². The second-order valence-corrected chi connectivity index (χ2v) is 7.91. The molecular formula is C20H21ClN2O4S. The predicted molar refractivity (Wildman–Crippen MR) is 113 cm³/mol. The number of nitrogens with zero attached hydrogens (tertiary/aromatic N) is 2. The first-order chi connectivity index (χ1) is 13.4. The number of aliphatic imine (C=N–C) groups is 1. The first-order valence-electron chi connectivity index (χ1n) is 8.56. The molecule has 0 unspecified atom stereocenters. The van der Waals surface area contributed by atoms with Crippen molar-refractivity contribution >= 4 is 45.9 Å². The molecular weight excluding hydrogens is 400 g/mol. The lowest BCUT2D eigenvalue weighted by Crippen LogP contribution is -2.38. The highest BCUT2D eigenvalue weighted by atomic mass is 35.5. The highest BCUT2D eigenvalue weighted by molar-refractivity contribution is 8.13. The Labute approximate surface area is 173 Å². The summed E-state index contributed by atoms with van der Waals surface area (Å²) < 4.78 is 10.9. The molecule has 0 radical (unpaired) electrons. The van der Waals surface area contributed by atoms with Gasteiger partial charge in [0.2, 0.25) is 0 Å². The van der Waals surface area contributed by atoms with Gasteiger partial charge >= 0.3 is 6.09 Å². The summed E-state index contributed by atoms with van der Waals surface area (Å²) >= 11 is 7.62. The van der Waals surface area contributed by atoms with Crippen molar-refractivity contribution in [2.45, 2.75) is 25.2 Å². The molecule has 0 bridgehead atoms. The second-order valence-electron chi connectivity index (χ2n) is 6.51. The van der Waals surface area contributed by atoms with E-state index in [1.165, 1.54) is 26.0 Å². The Morgan fingerprint density at radius 3 is 2.71 bits per heavy atom. The maximum atomic E-state index is 12.0. The normalized spacial score (nSPS) is 14.5. The summed E-state index contributed by atoms with van der Waals surface area (Å²) in [5, 5.41) is 2.54. The number of hydrogen-bond donors (Lipinski definition) is 0. The van der Waals surface area contributed by atoms with Gasteiger partial charge in [-0.3, -0.25) is 4.84 Å². The van der Waals surface area contributed by atoms with Crippen molar-refractivity contribution in [1.29, 1.82) is 0 Å². The van der Waals surface area contributed by atoms with E-state index in [4.69, 9.17) is 30.9 Å². The number of carbonyl (C=O) groups excluding carboxylic acids is 1. The first-order valence-corrected chi connectivity index (χ1v) is 9.92. The van der Waals surface area contributed by atoms with Gasteiger partial charge in [0.25, 0.3) is 0 Å². The third-order valence-electron chi connectivity index (χ3n) is 4.12. The van der Waals surface area contributed by atoms with Crippen molar-refractivity contribution in [3.05, 3.63) is 53.1 Å². The molecule has 0 fully saturated rings. The van der Waals surface area contributed by atoms with Crippen LogP contribution in [0.3, 0.4) is 0 Å². The Kier molecular flexibility index (Phi) is 6.17. The number of fused-ring (bicyclic) bond motifs is 1. The molecule has 1 heterocycles. The molecule has 0 atom stereocenters. The van der Waals surface area contributed by atoms with Gasteiger partial charge in [-0.1, -0.05) is 29.8 Å². The van der Waals surface area contributed by atoms with Crippen LogP contribution >= 0.6 is 23.4 Å². The maximum Gasteiger partial charge on any atom is 0.438 e. The maximum absolute atomic E-state index is 12.0. The van der Waals surface area contributed by atoms with Crippen LogP contribution in [0, 0.1) is 0 Å². The molecule has 0 saturated heterocycles. The molecule has 0 aromatic heterocycles. The lowest BCUT2D eigenvalue weighted by Gasteiger charge is -2.32. The minimum absolute atomic E-state index is 0.564. The molecule has 8 heteroatoms. The Balaban J connectivity index is 1.87. The van der Waals surface area contributed by atoms with Gasteiger partial charge in [-0.25, -0.2) is 9.79 Å². The summed E-state index contributed by atoms with van der Waals surface area (Å²) in [5.41, 5.74) is 1.64. The number of methoxy groups -OCH3 is 1. The smallest absolute Gasteiger partial charge is 0.438 e. The fourth-order valence-corrected chi connectivity index (χ4v) is 4.02. The number of carbonyl (C=O) groups is 1. The molecule has 2 aromatic carbocycles. The zero-order valence-electron chi connectivity index (χ0n) is 16.1. The van der Waals surface area contributed by atoms with Crippen LogP contribution in [0.5, 0.6) is 5.75 Å². The number of anilines is 1. The Morgan fingerprint density at radius 2 is 2.00 bits per heavy atom. The van der Waals surface area contributed by atoms with Crippen molar-refractivity contribution in [3.8, 4) is 5.75 Å². The molecule has 0 N–H and O–H groups in total. The number of amides is 1. The van der Waals surface area contributed by atoms with Crippen LogP contribution in [0.4, 0.5) is 16.2 Å². The summed E-state index contributed by atoms with van der Waals surface area (Å²) in [6.07, 6.45) is -0.595. The van der Waals surface area contributed by atoms with Gasteiger partial charge in [0.15, 0.2) is 5.60 Å². The van der Waals surface area contributed by atoms with Gasteiger partial charge in [-0.15, -0.1) is 11.8 Å². The van der Waals surface area contributed by atoms with E-state index >= 15 is 0 Å². The lowest BCUT2D eigenvalue weighted by molar-refractivity contribution is 0.115. The molecule has 0 saturated carbocycles. The lowest BCUT2D eigenvalue weighted by atomic mass is 10.1. The number of halogens is 1. The summed E-state index contributed by atoms with van der Waals surface area (Å²) in [5.74, 6) is 1.27. The van der Waals surface area contributed by atoms with Gasteiger partial charge < -0.3 is 9.47 Å². The minimum atomic E-state index is -0.595. The molecule has 1 amide bonds. The number of thioether (sulfide) groups is 1. The molecule has 148 valence electrons. The number of benzene rings is 2. The molecule has 2 aromatic rings. The van der Waals surface area contributed by atoms with Crippen LogP contribution < -0.4 is 9.80 Å². The predicted octanol–water partition coefficient (Wildman–Crippen LogP) is 5.61. The van der Waals surface area contributed by atoms with Crippen LogP contribution in [0.25, 0.3) is 0 Å². The molecule has 1 aliphatic rings. The fraction of sp³-hybridized carbons (Fsp3) is 0.300. The van der Waals surface area contributed by atoms with Gasteiger partial charge in [-0.05, 0) is 43.7 Å². The van der Waals surface area contributed by atoms with E-state index in [2.05, 4.69) is 0 Å². The summed E-state index contributed by atoms with van der Waals surface area (Å²) in [7, 11) is 2.73. The van der Waals surface area contributed by atoms with Gasteiger partial charge in [0, 0.05) is 10.8 Å². The van der Waals surface area contributed by atoms with E-state index in [1.807, 2.05) is 38.1 Å². The van der Waals surface area contributed by atoms with Crippen molar-refractivity contribution in [3.63, 3.8) is 0 Å². The summed E-state index contributed by atoms with van der Waals surface area (Å²) in [4.78, 5) is 21.9. The number of ether oxygens (including phenoxy) is 2. The van der Waals surface area contributed by atoms with E-state index in [-0.39, 0.29) is 0 Å². The van der Waals surface area contributed by atoms with Crippen LogP contribution in [0.1, 0.15) is 19.4 Å². The molecule has 0 spiro atoms. The third kappa shape index (κ3) is 4.27. The van der Waals surface area contributed by atoms with Crippen LogP contribution in [0.15, 0.2) is 47.5 Å². The monoisotopic (exact) mass is 420 g/mol. The zero-order chi connectivity index (χ0) is 20.3. The zero-order valence-corrected chi connectivity index (χ0v) is 17.6. The highest BCUT2D eigenvalue weighted by Gasteiger charge is 2.33. The van der Waals surface area contributed by atoms with E-state index in [9.17, 15) is 4.79 Å². The van der Waals surface area contributed by atoms with E-state index in [1.54, 1.807) is 18.2 Å². The molecule has 28 heavy (non-hydrogen) atoms. The summed E-state index contributed by atoms with van der Waals surface area (Å²) in [6, 6.07) is 12.9. The number of rotatable bonds is 4. The van der Waals surface area contributed by atoms with Crippen molar-refractivity contribution in [1.82, 2.24) is 0 Å². The quantitative estimate of drug-likeness (QED) is 0.601. The number of hydroxylamine groups is 1. The fourth-order valence-electron chi connectivity index (χ4n) is 2.76. The Bertz CT molecular complexity index is 917. The summed E-state index contributed by atoms with van der Waals surface area (Å²) in [6.45, 7) is 3.94. The van der Waals surface area contributed by atoms with E-state index in [0.717, 1.165) is 15.7 Å². The largest absolute Gasteiger partial charge is 0.479 e. The Hall–Kier alpha value is -2.22. The molecule has 3 rings (SSSR count). The highest BCUT2D eigenvalue weighted by Crippen LogP contribution is 2.41. The van der Waals surface area contributed by atoms with Gasteiger partial charge in [0.1, 0.15) is 16.5 Å². The van der Waals surface area contributed by atoms with Crippen molar-refractivity contribution in [2.75, 3.05) is 19.3 Å². The second kappa shape index (κ2) is 8.43. The first kappa shape index (κ1) is 20.5. The third-order valence-corrected chi connectivity index (χ3v) is 5.67. The van der Waals surface area contributed by atoms with Gasteiger partial charge in [0.05, 0.1) is 19.9 Å². The van der Waals surface area contributed by atoms with Crippen molar-refractivity contribution < 1.29 is 19.1 Å². The van der Waals surface area contributed by atoms with E-state index < -0.39 is 11.7 Å². The molecule has 1 aliphatic heterocycles. The number of hydrogen-bond acceptors (Lipinski definition) is 6. The van der Waals surface area contributed by atoms with Crippen LogP contribution in [0.2, 0.25) is 5.02 Å². The number of para-hydroxylation sites is 1. The SMILES string of the molecule is COC(=O)N(OC)c1ccccc1CSC1=Nc2cc(Cl)ccc2OC1(C)C. The molecule has 0 aliphatic carbocycles. The average molecular weight is 421 g/mol.